The molecule has 1 aliphatic carbocycles. The molecule has 0 radical (unpaired) electrons. The monoisotopic (exact) mass is 529 g/mol. The first kappa shape index (κ1) is 26.2. The Balaban J connectivity index is 1.82. The van der Waals surface area contributed by atoms with Crippen molar-refractivity contribution in [1.29, 1.82) is 0 Å². The van der Waals surface area contributed by atoms with E-state index in [4.69, 9.17) is 15.2 Å². The summed E-state index contributed by atoms with van der Waals surface area (Å²) in [5.74, 6) is -2.01. The molecular weight excluding hydrogens is 498 g/mol. The van der Waals surface area contributed by atoms with Gasteiger partial charge in [0.2, 0.25) is 5.91 Å². The van der Waals surface area contributed by atoms with E-state index in [1.807, 2.05) is 13.8 Å². The molecule has 0 saturated carbocycles. The highest BCUT2D eigenvalue weighted by atomic mass is 16.5. The van der Waals surface area contributed by atoms with Crippen molar-refractivity contribution in [3.05, 3.63) is 82.3 Å². The van der Waals surface area contributed by atoms with Crippen molar-refractivity contribution in [2.24, 2.45) is 11.1 Å². The topological polar surface area (TPSA) is 128 Å². The van der Waals surface area contributed by atoms with Crippen LogP contribution in [0.1, 0.15) is 56.5 Å². The third-order valence-corrected chi connectivity index (χ3v) is 7.41. The van der Waals surface area contributed by atoms with Crippen molar-refractivity contribution in [2.45, 2.75) is 46.0 Å². The number of nitrogens with one attached hydrogen (secondary N) is 1. The minimum absolute atomic E-state index is 0.00608. The van der Waals surface area contributed by atoms with Crippen LogP contribution in [-0.2, 0) is 29.3 Å². The average molecular weight is 530 g/mol. The maximum atomic E-state index is 14.0. The summed E-state index contributed by atoms with van der Waals surface area (Å²) in [4.78, 5) is 55.6. The number of nitrogens with zero attached hydrogens (tertiary/aromatic N) is 1. The van der Waals surface area contributed by atoms with Crippen LogP contribution >= 0.6 is 0 Å². The second kappa shape index (κ2) is 9.41. The minimum atomic E-state index is -1.75. The lowest BCUT2D eigenvalue weighted by atomic mass is 9.60. The molecule has 9 heteroatoms. The molecule has 5 rings (SSSR count). The first-order valence-electron chi connectivity index (χ1n) is 13.0. The number of amides is 1. The van der Waals surface area contributed by atoms with Gasteiger partial charge in [0.25, 0.3) is 0 Å². The van der Waals surface area contributed by atoms with Crippen LogP contribution in [0.3, 0.4) is 0 Å². The van der Waals surface area contributed by atoms with E-state index in [2.05, 4.69) is 5.32 Å². The highest BCUT2D eigenvalue weighted by Gasteiger charge is 2.62. The molecule has 9 nitrogen and oxygen atoms in total. The van der Waals surface area contributed by atoms with Gasteiger partial charge in [-0.1, -0.05) is 32.0 Å². The molecule has 3 N–H and O–H groups in total. The zero-order valence-corrected chi connectivity index (χ0v) is 22.4. The Hall–Kier alpha value is -4.40. The van der Waals surface area contributed by atoms with Gasteiger partial charge in [-0.05, 0) is 56.0 Å². The number of benzene rings is 2. The number of Topliss-reactive ketones (excluding diaryl/α,β-unsaturated/α-hetero) is 1. The van der Waals surface area contributed by atoms with Crippen molar-refractivity contribution in [2.75, 3.05) is 23.4 Å². The summed E-state index contributed by atoms with van der Waals surface area (Å²) in [5, 5.41) is 2.87. The molecule has 2 aliphatic heterocycles. The Bertz CT molecular complexity index is 1470. The van der Waals surface area contributed by atoms with Crippen molar-refractivity contribution >= 4 is 35.0 Å². The molecule has 202 valence electrons. The van der Waals surface area contributed by atoms with Gasteiger partial charge >= 0.3 is 11.9 Å². The number of ether oxygens (including phenoxy) is 2. The number of rotatable bonds is 5. The summed E-state index contributed by atoms with van der Waals surface area (Å²) in [6.07, 6.45) is 0.608. The van der Waals surface area contributed by atoms with Gasteiger partial charge in [-0.15, -0.1) is 0 Å². The largest absolute Gasteiger partial charge is 0.462 e. The quantitative estimate of drug-likeness (QED) is 0.558. The Kier molecular flexibility index (Phi) is 6.33. The van der Waals surface area contributed by atoms with Gasteiger partial charge in [0.15, 0.2) is 5.78 Å². The van der Waals surface area contributed by atoms with E-state index in [1.165, 1.54) is 0 Å². The normalized spacial score (nSPS) is 21.5. The van der Waals surface area contributed by atoms with Crippen molar-refractivity contribution < 1.29 is 28.7 Å². The summed E-state index contributed by atoms with van der Waals surface area (Å²) in [6, 6.07) is 13.6. The number of hydrogen-bond donors (Lipinski definition) is 2. The number of anilines is 2. The number of allylic oxidation sites excluding steroid dienone is 1. The molecule has 2 aromatic rings. The number of ketones is 1. The fourth-order valence-electron chi connectivity index (χ4n) is 5.95. The molecule has 0 fully saturated rings. The fourth-order valence-corrected chi connectivity index (χ4v) is 5.95. The van der Waals surface area contributed by atoms with Crippen LogP contribution < -0.4 is 16.0 Å². The van der Waals surface area contributed by atoms with Crippen molar-refractivity contribution in [3.63, 3.8) is 0 Å². The molecule has 39 heavy (non-hydrogen) atoms. The van der Waals surface area contributed by atoms with Crippen LogP contribution in [0.25, 0.3) is 0 Å². The van der Waals surface area contributed by atoms with Gasteiger partial charge in [-0.25, -0.2) is 9.59 Å². The SMILES string of the molecule is CCOC(=O)C1=C(N)N(c2ccc(C(=O)OCC)cc2)C2=C(C(=O)CC(C)(C)C2)C12C(=O)Nc1ccccc12. The maximum Gasteiger partial charge on any atom is 0.339 e. The van der Waals surface area contributed by atoms with Gasteiger partial charge in [0, 0.05) is 34.6 Å². The van der Waals surface area contributed by atoms with Gasteiger partial charge in [0.1, 0.15) is 16.8 Å². The van der Waals surface area contributed by atoms with E-state index < -0.39 is 28.7 Å². The summed E-state index contributed by atoms with van der Waals surface area (Å²) in [7, 11) is 0. The fraction of sp³-hybridized carbons (Fsp3) is 0.333. The molecule has 1 spiro atoms. The zero-order valence-electron chi connectivity index (χ0n) is 22.4. The number of carbonyl (C=O) groups is 4. The maximum absolute atomic E-state index is 14.0. The smallest absolute Gasteiger partial charge is 0.339 e. The Labute approximate surface area is 226 Å². The predicted molar refractivity (Wildman–Crippen MR) is 145 cm³/mol. The van der Waals surface area contributed by atoms with Gasteiger partial charge < -0.3 is 20.5 Å². The van der Waals surface area contributed by atoms with Crippen LogP contribution in [0.5, 0.6) is 0 Å². The lowest BCUT2D eigenvalue weighted by molar-refractivity contribution is -0.140. The van der Waals surface area contributed by atoms with E-state index in [0.717, 1.165) is 0 Å². The number of nitrogens with two attached hydrogens (primary N) is 1. The van der Waals surface area contributed by atoms with Gasteiger partial charge in [-0.2, -0.15) is 0 Å². The van der Waals surface area contributed by atoms with Gasteiger partial charge in [-0.3, -0.25) is 14.5 Å². The van der Waals surface area contributed by atoms with Crippen LogP contribution in [-0.4, -0.2) is 36.8 Å². The van der Waals surface area contributed by atoms with E-state index in [9.17, 15) is 19.2 Å². The number of para-hydroxylation sites is 1. The molecule has 2 aromatic carbocycles. The van der Waals surface area contributed by atoms with Crippen LogP contribution in [0.15, 0.2) is 71.2 Å². The molecule has 1 unspecified atom stereocenters. The highest BCUT2D eigenvalue weighted by Crippen LogP contribution is 2.57. The zero-order chi connectivity index (χ0) is 28.1. The Morgan fingerprint density at radius 2 is 1.59 bits per heavy atom. The third-order valence-electron chi connectivity index (χ3n) is 7.41. The first-order chi connectivity index (χ1) is 18.6. The summed E-state index contributed by atoms with van der Waals surface area (Å²) in [5.41, 5.74) is 7.17. The van der Waals surface area contributed by atoms with E-state index >= 15 is 0 Å². The molecule has 0 saturated heterocycles. The van der Waals surface area contributed by atoms with Crippen LogP contribution in [0.4, 0.5) is 11.4 Å². The number of esters is 2. The van der Waals surface area contributed by atoms with E-state index in [-0.39, 0.29) is 42.4 Å². The predicted octanol–water partition coefficient (Wildman–Crippen LogP) is 3.95. The summed E-state index contributed by atoms with van der Waals surface area (Å²) in [6.45, 7) is 7.64. The van der Waals surface area contributed by atoms with Crippen molar-refractivity contribution in [3.8, 4) is 0 Å². The van der Waals surface area contributed by atoms with Crippen LogP contribution in [0.2, 0.25) is 0 Å². The lowest BCUT2D eigenvalue weighted by Crippen LogP contribution is -2.54. The molecule has 1 amide bonds. The second-order valence-electron chi connectivity index (χ2n) is 10.6. The molecule has 1 atom stereocenters. The van der Waals surface area contributed by atoms with E-state index in [0.29, 0.717) is 34.6 Å². The van der Waals surface area contributed by atoms with Crippen molar-refractivity contribution in [1.82, 2.24) is 0 Å². The van der Waals surface area contributed by atoms with E-state index in [1.54, 1.807) is 67.3 Å². The lowest BCUT2D eigenvalue weighted by Gasteiger charge is -2.47. The number of hydrogen-bond acceptors (Lipinski definition) is 8. The van der Waals surface area contributed by atoms with Gasteiger partial charge in [0.05, 0.1) is 18.8 Å². The standard InChI is InChI=1S/C30H31N3O6/c1-5-38-26(35)17-11-13-18(14-12-17)33-21-15-29(3,4)16-22(34)23(21)30(24(25(33)31)27(36)39-6-2)19-9-7-8-10-20(19)32-28(30)37/h7-14H,5-6,15-16,31H2,1-4H3,(H,32,37). The average Bonchev–Trinajstić information content (AvgIpc) is 3.15. The number of fused-ring (bicyclic) bond motifs is 3. The molecule has 0 aromatic heterocycles. The number of carbonyl (C=O) groups excluding carboxylic acids is 4. The molecule has 0 bridgehead atoms. The molecule has 3 aliphatic rings. The summed E-state index contributed by atoms with van der Waals surface area (Å²) < 4.78 is 10.5. The molecule has 2 heterocycles. The van der Waals surface area contributed by atoms with Crippen LogP contribution in [0, 0.1) is 5.41 Å². The third kappa shape index (κ3) is 3.91. The minimum Gasteiger partial charge on any atom is -0.462 e. The highest BCUT2D eigenvalue weighted by molar-refractivity contribution is 6.23. The molecular formula is C30H31N3O6. The Morgan fingerprint density at radius 3 is 2.26 bits per heavy atom. The second-order valence-corrected chi connectivity index (χ2v) is 10.6. The summed E-state index contributed by atoms with van der Waals surface area (Å²) >= 11 is 0. The first-order valence-corrected chi connectivity index (χ1v) is 13.0. The Morgan fingerprint density at radius 1 is 0.949 bits per heavy atom.